The Balaban J connectivity index is 2.73. The van der Waals surface area contributed by atoms with Crippen molar-refractivity contribution in [2.24, 2.45) is 0 Å². The van der Waals surface area contributed by atoms with Crippen molar-refractivity contribution < 1.29 is 40.2 Å². The fourth-order valence-corrected chi connectivity index (χ4v) is 2.92. The fraction of sp³-hybridized carbons (Fsp3) is 0.538. The molecular formula is C13H17N3O10. The first-order valence-corrected chi connectivity index (χ1v) is 7.32. The molecule has 0 spiro atoms. The number of anilines is 1. The highest BCUT2D eigenvalue weighted by atomic mass is 16.6. The van der Waals surface area contributed by atoms with Crippen LogP contribution in [0.5, 0.6) is 0 Å². The van der Waals surface area contributed by atoms with Crippen molar-refractivity contribution in [3.05, 3.63) is 37.4 Å². The molecule has 1 saturated heterocycles. The number of hydrogen-bond donors (Lipinski definition) is 6. The van der Waals surface area contributed by atoms with Crippen LogP contribution in [0.15, 0.2) is 6.07 Å². The molecule has 0 aromatic heterocycles. The zero-order valence-corrected chi connectivity index (χ0v) is 13.3. The van der Waals surface area contributed by atoms with Gasteiger partial charge in [0, 0.05) is 6.07 Å². The van der Waals surface area contributed by atoms with Crippen molar-refractivity contribution in [2.45, 2.75) is 37.4 Å². The van der Waals surface area contributed by atoms with Gasteiger partial charge in [-0.3, -0.25) is 30.9 Å². The molecule has 1 unspecified atom stereocenters. The fourth-order valence-electron chi connectivity index (χ4n) is 2.92. The van der Waals surface area contributed by atoms with Gasteiger partial charge in [0.25, 0.3) is 11.4 Å². The van der Waals surface area contributed by atoms with E-state index in [1.54, 1.807) is 5.48 Å². The van der Waals surface area contributed by atoms with Gasteiger partial charge in [0.2, 0.25) is 0 Å². The average molecular weight is 375 g/mol. The Kier molecular flexibility index (Phi) is 5.70. The van der Waals surface area contributed by atoms with Crippen LogP contribution in [0.1, 0.15) is 17.2 Å². The highest BCUT2D eigenvalue weighted by Crippen LogP contribution is 2.45. The van der Waals surface area contributed by atoms with E-state index in [1.807, 2.05) is 0 Å². The van der Waals surface area contributed by atoms with Crippen molar-refractivity contribution in [1.29, 1.82) is 0 Å². The third kappa shape index (κ3) is 3.18. The van der Waals surface area contributed by atoms with Gasteiger partial charge >= 0.3 is 0 Å². The van der Waals surface area contributed by atoms with E-state index in [0.717, 1.165) is 13.0 Å². The van der Waals surface area contributed by atoms with Gasteiger partial charge in [-0.15, -0.1) is 0 Å². The highest BCUT2D eigenvalue weighted by molar-refractivity contribution is 5.71. The number of nitrogens with one attached hydrogen (secondary N) is 1. The summed E-state index contributed by atoms with van der Waals surface area (Å²) in [4.78, 5) is 20.8. The molecule has 1 aromatic carbocycles. The number of benzene rings is 1. The maximum atomic E-state index is 11.5. The van der Waals surface area contributed by atoms with Crippen molar-refractivity contribution in [3.8, 4) is 0 Å². The van der Waals surface area contributed by atoms with Gasteiger partial charge in [0.05, 0.1) is 27.7 Å². The first-order chi connectivity index (χ1) is 12.1. The minimum absolute atomic E-state index is 0.369. The second-order valence-corrected chi connectivity index (χ2v) is 5.71. The Morgan fingerprint density at radius 1 is 1.15 bits per heavy atom. The number of nitro groups is 2. The molecule has 0 bridgehead atoms. The highest BCUT2D eigenvalue weighted by Gasteiger charge is 2.48. The van der Waals surface area contributed by atoms with Crippen molar-refractivity contribution in [3.63, 3.8) is 0 Å². The number of nitrogens with zero attached hydrogens (tertiary/aromatic N) is 2. The molecule has 1 aliphatic heterocycles. The van der Waals surface area contributed by atoms with Crippen molar-refractivity contribution in [2.75, 3.05) is 12.1 Å². The summed E-state index contributed by atoms with van der Waals surface area (Å²) < 4.78 is 5.27. The lowest BCUT2D eigenvalue weighted by molar-refractivity contribution is -0.396. The van der Waals surface area contributed by atoms with E-state index in [0.29, 0.717) is 0 Å². The molecule has 0 amide bonds. The summed E-state index contributed by atoms with van der Waals surface area (Å²) in [6.45, 7) is 0.327. The number of ether oxygens (including phenoxy) is 1. The van der Waals surface area contributed by atoms with Gasteiger partial charge in [-0.25, -0.2) is 0 Å². The zero-order chi connectivity index (χ0) is 19.8. The number of nitro benzene ring substituents is 2. The van der Waals surface area contributed by atoms with Crippen LogP contribution in [-0.2, 0) is 4.74 Å². The van der Waals surface area contributed by atoms with Gasteiger partial charge in [-0.2, -0.15) is 0 Å². The lowest BCUT2D eigenvalue weighted by Crippen LogP contribution is -2.55. The third-order valence-electron chi connectivity index (χ3n) is 4.24. The Morgan fingerprint density at radius 2 is 1.77 bits per heavy atom. The Labute approximate surface area is 145 Å². The van der Waals surface area contributed by atoms with E-state index in [2.05, 4.69) is 0 Å². The minimum Gasteiger partial charge on any atom is -0.394 e. The molecule has 0 radical (unpaired) electrons. The summed E-state index contributed by atoms with van der Waals surface area (Å²) in [5.41, 5.74) is -1.25. The monoisotopic (exact) mass is 375 g/mol. The standard InChI is InChI=1S/C13H17N3O10/c1-4-6(15(22)23)2-5(14-21)8(9(4)16(24)25)13-12(20)11(19)10(18)7(3-17)26-13/h2,7,10-14,17-21H,3H2,1H3/t7-,10-,11+,12-,13?/m1/s1. The number of aliphatic hydroxyl groups is 4. The first kappa shape index (κ1) is 19.9. The quantitative estimate of drug-likeness (QED) is 0.275. The van der Waals surface area contributed by atoms with Gasteiger partial charge in [0.15, 0.2) is 0 Å². The molecular weight excluding hydrogens is 358 g/mol. The molecule has 1 heterocycles. The Hall–Kier alpha value is -2.42. The Bertz CT molecular complexity index is 725. The second kappa shape index (κ2) is 7.45. The van der Waals surface area contributed by atoms with Crippen LogP contribution >= 0.6 is 0 Å². The van der Waals surface area contributed by atoms with Crippen LogP contribution < -0.4 is 5.48 Å². The van der Waals surface area contributed by atoms with E-state index < -0.39 is 69.6 Å². The average Bonchev–Trinajstić information content (AvgIpc) is 2.59. The van der Waals surface area contributed by atoms with Gasteiger partial charge in [0.1, 0.15) is 36.1 Å². The van der Waals surface area contributed by atoms with E-state index in [9.17, 15) is 45.9 Å². The predicted molar refractivity (Wildman–Crippen MR) is 82.6 cm³/mol. The van der Waals surface area contributed by atoms with Gasteiger partial charge < -0.3 is 25.2 Å². The van der Waals surface area contributed by atoms with Crippen LogP contribution in [-0.4, -0.2) is 66.5 Å². The van der Waals surface area contributed by atoms with Crippen molar-refractivity contribution in [1.82, 2.24) is 0 Å². The summed E-state index contributed by atoms with van der Waals surface area (Å²) in [6, 6.07) is 0.805. The van der Waals surface area contributed by atoms with E-state index in [4.69, 9.17) is 4.74 Å². The number of rotatable bonds is 5. The molecule has 1 aromatic rings. The molecule has 1 fully saturated rings. The largest absolute Gasteiger partial charge is 0.394 e. The summed E-state index contributed by atoms with van der Waals surface area (Å²) in [5, 5.41) is 71.0. The summed E-state index contributed by atoms with van der Waals surface area (Å²) in [7, 11) is 0. The third-order valence-corrected chi connectivity index (χ3v) is 4.24. The van der Waals surface area contributed by atoms with Gasteiger partial charge in [-0.05, 0) is 6.92 Å². The van der Waals surface area contributed by atoms with Crippen LogP contribution in [0.3, 0.4) is 0 Å². The molecule has 13 nitrogen and oxygen atoms in total. The molecule has 5 atom stereocenters. The molecule has 6 N–H and O–H groups in total. The second-order valence-electron chi connectivity index (χ2n) is 5.71. The summed E-state index contributed by atoms with van der Waals surface area (Å²) in [6.07, 6.45) is -8.43. The van der Waals surface area contributed by atoms with Crippen LogP contribution in [0.25, 0.3) is 0 Å². The normalized spacial score (nSPS) is 28.6. The molecule has 0 saturated carbocycles. The van der Waals surface area contributed by atoms with Crippen LogP contribution in [0.4, 0.5) is 17.1 Å². The summed E-state index contributed by atoms with van der Waals surface area (Å²) in [5.74, 6) is 0. The van der Waals surface area contributed by atoms with E-state index >= 15 is 0 Å². The smallest absolute Gasteiger partial charge is 0.287 e. The van der Waals surface area contributed by atoms with Crippen LogP contribution in [0, 0.1) is 27.2 Å². The number of aliphatic hydroxyl groups excluding tert-OH is 4. The van der Waals surface area contributed by atoms with E-state index in [1.165, 1.54) is 0 Å². The molecule has 0 aliphatic carbocycles. The lowest BCUT2D eigenvalue weighted by Gasteiger charge is -2.40. The first-order valence-electron chi connectivity index (χ1n) is 7.32. The molecule has 2 rings (SSSR count). The number of hydrogen-bond acceptors (Lipinski definition) is 11. The molecule has 1 aliphatic rings. The van der Waals surface area contributed by atoms with Crippen molar-refractivity contribution >= 4 is 17.1 Å². The van der Waals surface area contributed by atoms with Gasteiger partial charge in [-0.1, -0.05) is 0 Å². The minimum atomic E-state index is -1.88. The molecule has 26 heavy (non-hydrogen) atoms. The topological polar surface area (TPSA) is 209 Å². The zero-order valence-electron chi connectivity index (χ0n) is 13.3. The predicted octanol–water partition coefficient (Wildman–Crippen LogP) is -0.873. The lowest BCUT2D eigenvalue weighted by atomic mass is 9.88. The molecule has 13 heteroatoms. The maximum Gasteiger partial charge on any atom is 0.287 e. The summed E-state index contributed by atoms with van der Waals surface area (Å²) >= 11 is 0. The van der Waals surface area contributed by atoms with Crippen LogP contribution in [0.2, 0.25) is 0 Å². The maximum absolute atomic E-state index is 11.5. The van der Waals surface area contributed by atoms with E-state index in [-0.39, 0.29) is 5.56 Å². The molecule has 144 valence electrons. The Morgan fingerprint density at radius 3 is 2.23 bits per heavy atom. The SMILES string of the molecule is Cc1c([N+](=O)[O-])cc(NO)c(C2O[C@H](CO)[C@@H](O)[C@H](O)[C@H]2O)c1[N+](=O)[O-].